The molecule has 7 heteroatoms. The number of rotatable bonds is 2. The normalized spacial score (nSPS) is 11.3. The monoisotopic (exact) mass is 297 g/mol. The Hall–Kier alpha value is -1.11. The number of esters is 1. The van der Waals surface area contributed by atoms with Crippen molar-refractivity contribution >= 4 is 21.9 Å². The summed E-state index contributed by atoms with van der Waals surface area (Å²) < 4.78 is 41.7. The fraction of sp³-hybridized carbons (Fsp3) is 0.333. The van der Waals surface area contributed by atoms with Crippen molar-refractivity contribution in [3.05, 3.63) is 28.0 Å². The minimum atomic E-state index is -4.52. The lowest BCUT2D eigenvalue weighted by Gasteiger charge is -2.08. The summed E-state index contributed by atoms with van der Waals surface area (Å²) in [7, 11) is 1.16. The van der Waals surface area contributed by atoms with Crippen molar-refractivity contribution in [2.45, 2.75) is 12.6 Å². The highest BCUT2D eigenvalue weighted by Crippen LogP contribution is 2.29. The number of ether oxygens (including phenoxy) is 1. The van der Waals surface area contributed by atoms with E-state index in [9.17, 15) is 18.0 Å². The lowest BCUT2D eigenvalue weighted by Crippen LogP contribution is -2.12. The number of carbonyl (C=O) groups excluding carboxylic acids is 1. The van der Waals surface area contributed by atoms with E-state index in [1.807, 2.05) is 0 Å². The van der Waals surface area contributed by atoms with E-state index in [1.54, 1.807) is 0 Å². The van der Waals surface area contributed by atoms with Gasteiger partial charge >= 0.3 is 12.1 Å². The Morgan fingerprint density at radius 2 is 2.12 bits per heavy atom. The predicted octanol–water partition coefficient (Wildman–Crippen LogP) is 2.58. The minimum absolute atomic E-state index is 0.00155. The third kappa shape index (κ3) is 3.19. The Morgan fingerprint density at radius 1 is 1.50 bits per heavy atom. The summed E-state index contributed by atoms with van der Waals surface area (Å²) in [6.45, 7) is 0. The summed E-state index contributed by atoms with van der Waals surface area (Å²) in [5, 5.41) is 0. The van der Waals surface area contributed by atoms with Gasteiger partial charge in [-0.1, -0.05) is 0 Å². The molecule has 88 valence electrons. The fourth-order valence-corrected chi connectivity index (χ4v) is 1.34. The van der Waals surface area contributed by atoms with Crippen LogP contribution in [0.4, 0.5) is 13.2 Å². The van der Waals surface area contributed by atoms with Crippen molar-refractivity contribution in [1.29, 1.82) is 0 Å². The molecule has 0 spiro atoms. The van der Waals surface area contributed by atoms with E-state index < -0.39 is 17.8 Å². The molecule has 0 amide bonds. The summed E-state index contributed by atoms with van der Waals surface area (Å²) >= 11 is 3.02. The summed E-state index contributed by atoms with van der Waals surface area (Å²) in [4.78, 5) is 14.3. The number of pyridine rings is 1. The summed E-state index contributed by atoms with van der Waals surface area (Å²) in [6, 6.07) is 2.04. The molecule has 1 rings (SSSR count). The zero-order valence-electron chi connectivity index (χ0n) is 8.14. The van der Waals surface area contributed by atoms with Crippen molar-refractivity contribution in [1.82, 2.24) is 4.98 Å². The van der Waals surface area contributed by atoms with Gasteiger partial charge in [0.05, 0.1) is 19.2 Å². The molecule has 0 unspecified atom stereocenters. The third-order valence-electron chi connectivity index (χ3n) is 1.75. The summed E-state index contributed by atoms with van der Waals surface area (Å²) in [5.41, 5.74) is -1.03. The van der Waals surface area contributed by atoms with Gasteiger partial charge in [-0.2, -0.15) is 13.2 Å². The Kier molecular flexibility index (Phi) is 3.90. The van der Waals surface area contributed by atoms with Crippen LogP contribution in [0.3, 0.4) is 0 Å². The average Bonchev–Trinajstić information content (AvgIpc) is 2.19. The Bertz CT molecular complexity index is 406. The number of aromatic nitrogens is 1. The van der Waals surface area contributed by atoms with Gasteiger partial charge < -0.3 is 4.74 Å². The van der Waals surface area contributed by atoms with Gasteiger partial charge in [-0.3, -0.25) is 4.79 Å². The molecule has 3 nitrogen and oxygen atoms in total. The van der Waals surface area contributed by atoms with Gasteiger partial charge in [-0.05, 0) is 28.1 Å². The second-order valence-corrected chi connectivity index (χ2v) is 3.73. The number of nitrogens with zero attached hydrogens (tertiary/aromatic N) is 1. The largest absolute Gasteiger partial charge is 0.469 e. The molecule has 0 bridgehead atoms. The Morgan fingerprint density at radius 3 is 2.62 bits per heavy atom. The number of carbonyl (C=O) groups is 1. The third-order valence-corrected chi connectivity index (χ3v) is 2.47. The molecule has 1 aromatic heterocycles. The van der Waals surface area contributed by atoms with Crippen LogP contribution in [-0.2, 0) is 22.1 Å². The van der Waals surface area contributed by atoms with Crippen LogP contribution in [0.1, 0.15) is 11.4 Å². The number of hydrogen-bond acceptors (Lipinski definition) is 3. The van der Waals surface area contributed by atoms with Gasteiger partial charge in [0.15, 0.2) is 0 Å². The first-order valence-corrected chi connectivity index (χ1v) is 4.93. The summed E-state index contributed by atoms with van der Waals surface area (Å²) in [6.07, 6.45) is -4.83. The van der Waals surface area contributed by atoms with Gasteiger partial charge in [-0.15, -0.1) is 0 Å². The van der Waals surface area contributed by atoms with E-state index in [0.717, 1.165) is 13.2 Å². The number of alkyl halides is 3. The van der Waals surface area contributed by atoms with Gasteiger partial charge in [-0.25, -0.2) is 4.98 Å². The topological polar surface area (TPSA) is 39.2 Å². The van der Waals surface area contributed by atoms with Crippen molar-refractivity contribution in [3.8, 4) is 0 Å². The van der Waals surface area contributed by atoms with Gasteiger partial charge in [0.2, 0.25) is 0 Å². The van der Waals surface area contributed by atoms with E-state index in [4.69, 9.17) is 0 Å². The predicted molar refractivity (Wildman–Crippen MR) is 52.7 cm³/mol. The molecule has 1 aromatic rings. The van der Waals surface area contributed by atoms with Crippen molar-refractivity contribution in [2.75, 3.05) is 7.11 Å². The van der Waals surface area contributed by atoms with Gasteiger partial charge in [0.25, 0.3) is 0 Å². The second-order valence-electron chi connectivity index (χ2n) is 2.88. The van der Waals surface area contributed by atoms with E-state index >= 15 is 0 Å². The molecule has 0 N–H and O–H groups in total. The van der Waals surface area contributed by atoms with Gasteiger partial charge in [0.1, 0.15) is 5.69 Å². The molecule has 0 atom stereocenters. The van der Waals surface area contributed by atoms with Crippen molar-refractivity contribution in [3.63, 3.8) is 0 Å². The highest BCUT2D eigenvalue weighted by molar-refractivity contribution is 9.10. The first-order chi connectivity index (χ1) is 7.34. The smallest absolute Gasteiger partial charge is 0.433 e. The summed E-state index contributed by atoms with van der Waals surface area (Å²) in [5.74, 6) is -0.646. The van der Waals surface area contributed by atoms with E-state index in [0.29, 0.717) is 4.47 Å². The number of methoxy groups -OCH3 is 1. The second kappa shape index (κ2) is 4.82. The van der Waals surface area contributed by atoms with E-state index in [2.05, 4.69) is 25.7 Å². The Balaban J connectivity index is 3.04. The molecule has 0 aliphatic rings. The molecule has 0 saturated carbocycles. The highest BCUT2D eigenvalue weighted by Gasteiger charge is 2.33. The van der Waals surface area contributed by atoms with Gasteiger partial charge in [0, 0.05) is 4.47 Å². The van der Waals surface area contributed by atoms with Crippen LogP contribution in [0.25, 0.3) is 0 Å². The molecule has 16 heavy (non-hydrogen) atoms. The van der Waals surface area contributed by atoms with E-state index in [1.165, 1.54) is 6.07 Å². The van der Waals surface area contributed by atoms with Crippen LogP contribution in [0.15, 0.2) is 16.6 Å². The quantitative estimate of drug-likeness (QED) is 0.788. The first-order valence-electron chi connectivity index (χ1n) is 4.14. The van der Waals surface area contributed by atoms with Crippen LogP contribution < -0.4 is 0 Å². The van der Waals surface area contributed by atoms with E-state index in [-0.39, 0.29) is 12.1 Å². The Labute approximate surface area is 97.8 Å². The standard InChI is InChI=1S/C9H7BrF3NO2/c1-16-8(15)4-6-5(10)2-3-7(14-6)9(11,12)13/h2-3H,4H2,1H3. The van der Waals surface area contributed by atoms with Crippen LogP contribution >= 0.6 is 15.9 Å². The maximum atomic E-state index is 12.3. The van der Waals surface area contributed by atoms with Crippen LogP contribution in [0, 0.1) is 0 Å². The average molecular weight is 298 g/mol. The molecule has 0 radical (unpaired) electrons. The molecule has 0 fully saturated rings. The molecular weight excluding hydrogens is 291 g/mol. The maximum absolute atomic E-state index is 12.3. The number of halogens is 4. The van der Waals surface area contributed by atoms with Crippen LogP contribution in [0.2, 0.25) is 0 Å². The van der Waals surface area contributed by atoms with Crippen molar-refractivity contribution < 1.29 is 22.7 Å². The van der Waals surface area contributed by atoms with Crippen molar-refractivity contribution in [2.24, 2.45) is 0 Å². The minimum Gasteiger partial charge on any atom is -0.469 e. The molecule has 0 saturated heterocycles. The zero-order chi connectivity index (χ0) is 12.3. The maximum Gasteiger partial charge on any atom is 0.433 e. The zero-order valence-corrected chi connectivity index (χ0v) is 9.72. The fourth-order valence-electron chi connectivity index (χ4n) is 0.975. The van der Waals surface area contributed by atoms with Crippen LogP contribution in [-0.4, -0.2) is 18.1 Å². The molecular formula is C9H7BrF3NO2. The SMILES string of the molecule is COC(=O)Cc1nc(C(F)(F)F)ccc1Br. The molecule has 0 aromatic carbocycles. The lowest BCUT2D eigenvalue weighted by atomic mass is 10.2. The molecule has 1 heterocycles. The van der Waals surface area contributed by atoms with Crippen LogP contribution in [0.5, 0.6) is 0 Å². The highest BCUT2D eigenvalue weighted by atomic mass is 79.9. The number of hydrogen-bond donors (Lipinski definition) is 0. The lowest BCUT2D eigenvalue weighted by molar-refractivity contribution is -0.142. The molecule has 0 aliphatic heterocycles. The first kappa shape index (κ1) is 13.0. The molecule has 0 aliphatic carbocycles.